The van der Waals surface area contributed by atoms with Crippen LogP contribution in [0.5, 0.6) is 0 Å². The lowest BCUT2D eigenvalue weighted by molar-refractivity contribution is -0.138. The average molecular weight is 469 g/mol. The molecule has 0 unspecified atom stereocenters. The zero-order valence-electron chi connectivity index (χ0n) is 19.7. The molecule has 180 valence electrons. The van der Waals surface area contributed by atoms with Crippen LogP contribution in [0, 0.1) is 18.3 Å². The highest BCUT2D eigenvalue weighted by atomic mass is 19.3. The maximum atomic E-state index is 14.5. The minimum atomic E-state index is -3.07. The highest BCUT2D eigenvalue weighted by Gasteiger charge is 2.37. The van der Waals surface area contributed by atoms with Crippen LogP contribution in [0.3, 0.4) is 0 Å². The zero-order valence-corrected chi connectivity index (χ0v) is 19.7. The summed E-state index contributed by atoms with van der Waals surface area (Å²) in [5, 5.41) is 0. The van der Waals surface area contributed by atoms with E-state index in [1.807, 2.05) is 11.0 Å². The van der Waals surface area contributed by atoms with Crippen LogP contribution in [0.2, 0.25) is 0 Å². The fourth-order valence-corrected chi connectivity index (χ4v) is 5.43. The van der Waals surface area contributed by atoms with Gasteiger partial charge in [0.25, 0.3) is 11.8 Å². The number of hydrogen-bond acceptors (Lipinski definition) is 3. The summed E-state index contributed by atoms with van der Waals surface area (Å²) in [5.74, 6) is -0.0842. The molecule has 2 aromatic rings. The van der Waals surface area contributed by atoms with Gasteiger partial charge in [0.1, 0.15) is 6.54 Å². The third-order valence-electron chi connectivity index (χ3n) is 7.64. The third kappa shape index (κ3) is 4.06. The van der Waals surface area contributed by atoms with Gasteiger partial charge in [0.05, 0.1) is 11.0 Å². The van der Waals surface area contributed by atoms with Gasteiger partial charge < -0.3 is 14.4 Å². The van der Waals surface area contributed by atoms with Gasteiger partial charge >= 0.3 is 0 Å². The van der Waals surface area contributed by atoms with Crippen molar-refractivity contribution in [3.63, 3.8) is 0 Å². The maximum absolute atomic E-state index is 14.5. The summed E-state index contributed by atoms with van der Waals surface area (Å²) in [5.41, 5.74) is 1.40. The number of nitrogens with zero attached hydrogens (tertiary/aromatic N) is 4. The van der Waals surface area contributed by atoms with Crippen molar-refractivity contribution in [2.75, 3.05) is 19.6 Å². The van der Waals surface area contributed by atoms with Crippen molar-refractivity contribution in [2.24, 2.45) is 13.0 Å². The van der Waals surface area contributed by atoms with Crippen molar-refractivity contribution in [2.45, 2.75) is 63.3 Å². The topological polar surface area (TPSA) is 58.4 Å². The summed E-state index contributed by atoms with van der Waals surface area (Å²) in [7, 11) is 1.68. The molecule has 8 heteroatoms. The lowest BCUT2D eigenvalue weighted by atomic mass is 9.85. The first-order valence-corrected chi connectivity index (χ1v) is 12.1. The molecule has 5 rings (SSSR count). The van der Waals surface area contributed by atoms with Crippen LogP contribution in [0.25, 0.3) is 11.0 Å². The number of aryl methyl sites for hydroxylation is 1. The Morgan fingerprint density at radius 3 is 2.44 bits per heavy atom. The van der Waals surface area contributed by atoms with Crippen LogP contribution in [0.1, 0.15) is 73.1 Å². The maximum Gasteiger partial charge on any atom is 0.290 e. The molecule has 2 saturated carbocycles. The molecular weight excluding hydrogens is 438 g/mol. The number of imidazole rings is 1. The van der Waals surface area contributed by atoms with Crippen molar-refractivity contribution in [1.29, 1.82) is 0 Å². The van der Waals surface area contributed by atoms with E-state index in [-0.39, 0.29) is 41.3 Å². The van der Waals surface area contributed by atoms with Gasteiger partial charge in [-0.1, -0.05) is 0 Å². The second-order valence-corrected chi connectivity index (χ2v) is 10.1. The van der Waals surface area contributed by atoms with Gasteiger partial charge in [0.2, 0.25) is 5.91 Å². The molecular formula is C26H30F2N4O2. The molecule has 0 bridgehead atoms. The van der Waals surface area contributed by atoms with E-state index < -0.39 is 11.8 Å². The summed E-state index contributed by atoms with van der Waals surface area (Å²) in [6.45, 7) is 1.70. The monoisotopic (exact) mass is 468 g/mol. The van der Waals surface area contributed by atoms with E-state index >= 15 is 0 Å². The van der Waals surface area contributed by atoms with Crippen molar-refractivity contribution in [1.82, 2.24) is 19.4 Å². The molecule has 1 aromatic carbocycles. The minimum Gasteiger partial charge on any atom is -0.336 e. The first-order valence-electron chi connectivity index (χ1n) is 12.1. The van der Waals surface area contributed by atoms with Gasteiger partial charge in [0, 0.05) is 44.6 Å². The van der Waals surface area contributed by atoms with Crippen LogP contribution in [0.4, 0.5) is 8.78 Å². The Balaban J connectivity index is 1.37. The molecule has 2 aliphatic carbocycles. The highest BCUT2D eigenvalue weighted by Crippen LogP contribution is 2.44. The molecule has 0 N–H and O–H groups in total. The average Bonchev–Trinajstić information content (AvgIpc) is 3.61. The third-order valence-corrected chi connectivity index (χ3v) is 7.64. The standard InChI is InChI=1S/C26H30F2N4O2/c1-4-16-5-9-19(10-6-16)32-12-11-31(15-22(32)33)25(34)24-29-23-20(26(2,27)28)13-18(17-7-8-17)14-21(23)30(24)3/h1,13-14,16-17,19H,5-12,15H2,2-3H3. The Morgan fingerprint density at radius 1 is 1.15 bits per heavy atom. The molecule has 1 saturated heterocycles. The Hall–Kier alpha value is -2.95. The SMILES string of the molecule is C#CC1CCC(N2CCN(C(=O)c3nc4c(C(C)(F)F)cc(C5CC5)cc4n3C)CC2=O)CC1. The number of halogens is 2. The molecule has 1 aliphatic heterocycles. The molecule has 0 atom stereocenters. The number of carbonyl (C=O) groups excluding carboxylic acids is 2. The molecule has 0 spiro atoms. The zero-order chi connectivity index (χ0) is 24.2. The number of terminal acetylenes is 1. The largest absolute Gasteiger partial charge is 0.336 e. The number of alkyl halides is 2. The number of carbonyl (C=O) groups is 2. The van der Waals surface area contributed by atoms with Gasteiger partial charge in [-0.3, -0.25) is 9.59 Å². The number of aromatic nitrogens is 2. The van der Waals surface area contributed by atoms with Crippen LogP contribution < -0.4 is 0 Å². The summed E-state index contributed by atoms with van der Waals surface area (Å²) >= 11 is 0. The molecule has 2 heterocycles. The lowest BCUT2D eigenvalue weighted by Gasteiger charge is -2.41. The van der Waals surface area contributed by atoms with E-state index in [1.54, 1.807) is 17.7 Å². The summed E-state index contributed by atoms with van der Waals surface area (Å²) in [6.07, 6.45) is 11.1. The number of benzene rings is 1. The predicted octanol–water partition coefficient (Wildman–Crippen LogP) is 4.04. The summed E-state index contributed by atoms with van der Waals surface area (Å²) in [4.78, 5) is 34.0. The number of amides is 2. The molecule has 34 heavy (non-hydrogen) atoms. The van der Waals surface area contributed by atoms with Crippen LogP contribution in [-0.4, -0.2) is 56.8 Å². The number of rotatable bonds is 4. The second kappa shape index (κ2) is 8.37. The van der Waals surface area contributed by atoms with Crippen molar-refractivity contribution < 1.29 is 18.4 Å². The van der Waals surface area contributed by atoms with E-state index in [9.17, 15) is 18.4 Å². The van der Waals surface area contributed by atoms with Crippen molar-refractivity contribution >= 4 is 22.8 Å². The quantitative estimate of drug-likeness (QED) is 0.637. The van der Waals surface area contributed by atoms with Gasteiger partial charge in [0.15, 0.2) is 5.82 Å². The normalized spacial score (nSPS) is 23.9. The Morgan fingerprint density at radius 2 is 1.85 bits per heavy atom. The van der Waals surface area contributed by atoms with Gasteiger partial charge in [-0.25, -0.2) is 13.8 Å². The lowest BCUT2D eigenvalue weighted by Crippen LogP contribution is -2.56. The van der Waals surface area contributed by atoms with E-state index in [0.29, 0.717) is 24.5 Å². The van der Waals surface area contributed by atoms with E-state index in [1.165, 1.54) is 4.90 Å². The second-order valence-electron chi connectivity index (χ2n) is 10.1. The van der Waals surface area contributed by atoms with Crippen LogP contribution in [0.15, 0.2) is 12.1 Å². The van der Waals surface area contributed by atoms with E-state index in [4.69, 9.17) is 6.42 Å². The predicted molar refractivity (Wildman–Crippen MR) is 124 cm³/mol. The number of hydrogen-bond donors (Lipinski definition) is 0. The highest BCUT2D eigenvalue weighted by molar-refractivity contribution is 5.98. The Labute approximate surface area is 198 Å². The van der Waals surface area contributed by atoms with Gasteiger partial charge in [-0.15, -0.1) is 12.3 Å². The van der Waals surface area contributed by atoms with E-state index in [2.05, 4.69) is 10.9 Å². The molecule has 6 nitrogen and oxygen atoms in total. The fourth-order valence-electron chi connectivity index (χ4n) is 5.43. The van der Waals surface area contributed by atoms with E-state index in [0.717, 1.165) is 51.0 Å². The molecule has 1 aromatic heterocycles. The van der Waals surface area contributed by atoms with Gasteiger partial charge in [-0.05, 0) is 62.1 Å². The summed E-state index contributed by atoms with van der Waals surface area (Å²) < 4.78 is 30.5. The fraction of sp³-hybridized carbons (Fsp3) is 0.577. The molecule has 3 fully saturated rings. The van der Waals surface area contributed by atoms with Crippen molar-refractivity contribution in [3.8, 4) is 12.3 Å². The smallest absolute Gasteiger partial charge is 0.290 e. The molecule has 3 aliphatic rings. The van der Waals surface area contributed by atoms with Crippen LogP contribution in [-0.2, 0) is 17.8 Å². The Kier molecular flexibility index (Phi) is 5.62. The first kappa shape index (κ1) is 22.8. The minimum absolute atomic E-state index is 0.0266. The van der Waals surface area contributed by atoms with Crippen LogP contribution >= 0.6 is 0 Å². The summed E-state index contributed by atoms with van der Waals surface area (Å²) in [6, 6.07) is 3.58. The number of piperazine rings is 1. The van der Waals surface area contributed by atoms with Gasteiger partial charge in [-0.2, -0.15) is 0 Å². The van der Waals surface area contributed by atoms with Crippen molar-refractivity contribution in [3.05, 3.63) is 29.1 Å². The number of fused-ring (bicyclic) bond motifs is 1. The first-order chi connectivity index (χ1) is 16.2. The Bertz CT molecular complexity index is 1180. The molecule has 2 amide bonds. The molecule has 0 radical (unpaired) electrons.